The summed E-state index contributed by atoms with van der Waals surface area (Å²) in [4.78, 5) is 71.9. The third-order valence-corrected chi connectivity index (χ3v) is 17.5. The van der Waals surface area contributed by atoms with Crippen LogP contribution >= 0.6 is 15.6 Å². The van der Waals surface area contributed by atoms with Gasteiger partial charge in [-0.2, -0.15) is 0 Å². The van der Waals surface area contributed by atoms with E-state index in [1.54, 1.807) is 0 Å². The van der Waals surface area contributed by atoms with Crippen LogP contribution in [0.3, 0.4) is 0 Å². The average Bonchev–Trinajstić information content (AvgIpc) is 3.62. The van der Waals surface area contributed by atoms with Crippen molar-refractivity contribution >= 4 is 39.5 Å². The minimum atomic E-state index is -4.94. The normalized spacial score (nSPS) is 14.6. The molecule has 0 aliphatic heterocycles. The zero-order chi connectivity index (χ0) is 62.9. The number of carbonyl (C=O) groups excluding carboxylic acids is 4. The number of esters is 4. The quantitative estimate of drug-likeness (QED) is 0.0222. The van der Waals surface area contributed by atoms with Crippen molar-refractivity contribution in [3.63, 3.8) is 0 Å². The third-order valence-electron chi connectivity index (χ3n) is 15.6. The van der Waals surface area contributed by atoms with E-state index >= 15 is 0 Å². The van der Waals surface area contributed by atoms with Gasteiger partial charge in [0.2, 0.25) is 0 Å². The lowest BCUT2D eigenvalue weighted by molar-refractivity contribution is -0.161. The molecule has 504 valence electrons. The summed E-state index contributed by atoms with van der Waals surface area (Å²) in [6.45, 7) is 9.40. The lowest BCUT2D eigenvalue weighted by atomic mass is 10.00. The zero-order valence-corrected chi connectivity index (χ0v) is 56.7. The molecule has 0 aliphatic carbocycles. The van der Waals surface area contributed by atoms with Crippen molar-refractivity contribution in [1.29, 1.82) is 0 Å². The lowest BCUT2D eigenvalue weighted by Crippen LogP contribution is -2.30. The summed E-state index contributed by atoms with van der Waals surface area (Å²) in [5, 5.41) is 10.5. The Kier molecular flexibility index (Phi) is 57.1. The Balaban J connectivity index is 5.07. The van der Waals surface area contributed by atoms with Crippen LogP contribution in [0.5, 0.6) is 0 Å². The molecule has 0 aliphatic rings. The molecule has 0 aromatic heterocycles. The molecule has 0 saturated heterocycles. The largest absolute Gasteiger partial charge is 0.472 e. The maximum atomic E-state index is 13.0. The maximum absolute atomic E-state index is 13.0. The van der Waals surface area contributed by atoms with E-state index in [2.05, 4.69) is 41.5 Å². The fraction of sp³-hybridized carbons (Fsp3) is 0.939. The molecule has 85 heavy (non-hydrogen) atoms. The number of phosphoric ester groups is 2. The van der Waals surface area contributed by atoms with Gasteiger partial charge in [-0.15, -0.1) is 0 Å². The summed E-state index contributed by atoms with van der Waals surface area (Å²) < 4.78 is 67.8. The summed E-state index contributed by atoms with van der Waals surface area (Å²) in [5.41, 5.74) is 0. The standard InChI is InChI=1S/C66H128O17P2/c1-7-10-12-14-15-26-30-38-44-50-65(70)82-61(54-76-63(68)48-42-34-13-11-8-2)56-80-84(72,73)78-52-60(67)53-79-85(74,75)81-57-62(55-77-64(69)49-43-37-33-32-36-41-47-59(6)9-3)83-66(71)51-45-39-31-28-25-23-21-19-17-16-18-20-22-24-27-29-35-40-46-58(4)5/h58-62,67H,7-57H2,1-6H3,(H,72,73)(H,74,75)/t59?,60-,61+,62+/m0/s1. The first kappa shape index (κ1) is 83.1. The minimum absolute atomic E-state index is 0.105. The van der Waals surface area contributed by atoms with Gasteiger partial charge < -0.3 is 33.8 Å². The molecular weight excluding hydrogens is 1130 g/mol. The van der Waals surface area contributed by atoms with Crippen molar-refractivity contribution in [3.05, 3.63) is 0 Å². The smallest absolute Gasteiger partial charge is 0.462 e. The Labute approximate surface area is 517 Å². The van der Waals surface area contributed by atoms with Crippen molar-refractivity contribution in [1.82, 2.24) is 0 Å². The van der Waals surface area contributed by atoms with Crippen LogP contribution in [0, 0.1) is 11.8 Å². The SMILES string of the molecule is CCCCCCCCCCCC(=O)O[C@H](COC(=O)CCCCCCC)COP(=O)(O)OC[C@H](O)COP(=O)(O)OC[C@@H](COC(=O)CCCCCCCCC(C)CC)OC(=O)CCCCCCCCCCCCCCCCCCCCC(C)C. The maximum Gasteiger partial charge on any atom is 0.472 e. The number of phosphoric acid groups is 2. The number of aliphatic hydroxyl groups excluding tert-OH is 1. The molecular formula is C66H128O17P2. The van der Waals surface area contributed by atoms with Crippen LogP contribution in [-0.2, 0) is 65.4 Å². The van der Waals surface area contributed by atoms with Crippen molar-refractivity contribution in [2.75, 3.05) is 39.6 Å². The van der Waals surface area contributed by atoms with E-state index in [1.807, 2.05) is 0 Å². The van der Waals surface area contributed by atoms with E-state index in [9.17, 15) is 43.2 Å². The van der Waals surface area contributed by atoms with Gasteiger partial charge >= 0.3 is 39.5 Å². The summed E-state index contributed by atoms with van der Waals surface area (Å²) in [5.74, 6) is -0.594. The van der Waals surface area contributed by atoms with Gasteiger partial charge in [0.1, 0.15) is 19.3 Å². The highest BCUT2D eigenvalue weighted by molar-refractivity contribution is 7.47. The number of unbranched alkanes of at least 4 members (excludes halogenated alkanes) is 34. The summed E-state index contributed by atoms with van der Waals surface area (Å²) in [6, 6.07) is 0. The number of aliphatic hydroxyl groups is 1. The Morgan fingerprint density at radius 3 is 0.894 bits per heavy atom. The minimum Gasteiger partial charge on any atom is -0.462 e. The van der Waals surface area contributed by atoms with Gasteiger partial charge in [-0.3, -0.25) is 37.3 Å². The first-order chi connectivity index (χ1) is 40.9. The number of carbonyl (C=O) groups is 4. The van der Waals surface area contributed by atoms with Crippen molar-refractivity contribution in [2.24, 2.45) is 11.8 Å². The molecule has 0 saturated carbocycles. The zero-order valence-electron chi connectivity index (χ0n) is 54.9. The molecule has 0 spiro atoms. The summed E-state index contributed by atoms with van der Waals surface area (Å²) in [7, 11) is -9.88. The Hall–Kier alpha value is -1.94. The van der Waals surface area contributed by atoms with Crippen LogP contribution < -0.4 is 0 Å². The van der Waals surface area contributed by atoms with Gasteiger partial charge in [0, 0.05) is 25.7 Å². The predicted molar refractivity (Wildman–Crippen MR) is 340 cm³/mol. The first-order valence-electron chi connectivity index (χ1n) is 34.5. The third kappa shape index (κ3) is 59.5. The van der Waals surface area contributed by atoms with E-state index in [4.69, 9.17) is 37.0 Å². The molecule has 3 N–H and O–H groups in total. The van der Waals surface area contributed by atoms with E-state index in [-0.39, 0.29) is 25.7 Å². The van der Waals surface area contributed by atoms with E-state index in [0.717, 1.165) is 115 Å². The molecule has 6 atom stereocenters. The summed E-state index contributed by atoms with van der Waals surface area (Å²) in [6.07, 6.45) is 42.3. The van der Waals surface area contributed by atoms with Gasteiger partial charge in [0.25, 0.3) is 0 Å². The number of ether oxygens (including phenoxy) is 4. The molecule has 3 unspecified atom stereocenters. The van der Waals surface area contributed by atoms with Gasteiger partial charge in [0.05, 0.1) is 26.4 Å². The van der Waals surface area contributed by atoms with E-state index in [0.29, 0.717) is 25.7 Å². The Morgan fingerprint density at radius 2 is 0.600 bits per heavy atom. The number of rotatable bonds is 65. The van der Waals surface area contributed by atoms with Gasteiger partial charge in [-0.25, -0.2) is 9.13 Å². The molecule has 17 nitrogen and oxygen atoms in total. The molecule has 0 bridgehead atoms. The molecule has 19 heteroatoms. The highest BCUT2D eigenvalue weighted by Crippen LogP contribution is 2.45. The van der Waals surface area contributed by atoms with Crippen molar-refractivity contribution < 1.29 is 80.2 Å². The van der Waals surface area contributed by atoms with Gasteiger partial charge in [0.15, 0.2) is 12.2 Å². The van der Waals surface area contributed by atoms with Gasteiger partial charge in [-0.05, 0) is 37.5 Å². The Bertz CT molecular complexity index is 1670. The number of hydrogen-bond acceptors (Lipinski definition) is 15. The Morgan fingerprint density at radius 1 is 0.341 bits per heavy atom. The predicted octanol–water partition coefficient (Wildman–Crippen LogP) is 18.4. The molecule has 0 aromatic carbocycles. The van der Waals surface area contributed by atoms with Crippen LogP contribution in [0.4, 0.5) is 0 Å². The van der Waals surface area contributed by atoms with Crippen molar-refractivity contribution in [2.45, 2.75) is 349 Å². The second-order valence-electron chi connectivity index (χ2n) is 24.6. The second-order valence-corrected chi connectivity index (χ2v) is 27.5. The topological polar surface area (TPSA) is 237 Å². The molecule has 0 heterocycles. The fourth-order valence-corrected chi connectivity index (χ4v) is 11.4. The fourth-order valence-electron chi connectivity index (χ4n) is 9.85. The van der Waals surface area contributed by atoms with Crippen LogP contribution in [0.25, 0.3) is 0 Å². The molecule has 0 aromatic rings. The molecule has 0 rings (SSSR count). The van der Waals surface area contributed by atoms with Gasteiger partial charge in [-0.1, -0.05) is 279 Å². The van der Waals surface area contributed by atoms with Crippen molar-refractivity contribution in [3.8, 4) is 0 Å². The van der Waals surface area contributed by atoms with Crippen LogP contribution in [-0.4, -0.2) is 96.7 Å². The lowest BCUT2D eigenvalue weighted by Gasteiger charge is -2.21. The van der Waals surface area contributed by atoms with Crippen LogP contribution in [0.15, 0.2) is 0 Å². The number of hydrogen-bond donors (Lipinski definition) is 3. The first-order valence-corrected chi connectivity index (χ1v) is 37.5. The molecule has 0 amide bonds. The van der Waals surface area contributed by atoms with Crippen LogP contribution in [0.2, 0.25) is 0 Å². The highest BCUT2D eigenvalue weighted by Gasteiger charge is 2.30. The average molecular weight is 1260 g/mol. The second kappa shape index (κ2) is 58.4. The molecule has 0 fully saturated rings. The monoisotopic (exact) mass is 1250 g/mol. The summed E-state index contributed by atoms with van der Waals surface area (Å²) >= 11 is 0. The molecule has 0 radical (unpaired) electrons. The van der Waals surface area contributed by atoms with E-state index in [1.165, 1.54) is 135 Å². The van der Waals surface area contributed by atoms with Crippen LogP contribution in [0.1, 0.15) is 330 Å². The highest BCUT2D eigenvalue weighted by atomic mass is 31.2. The van der Waals surface area contributed by atoms with E-state index < -0.39 is 97.5 Å².